The van der Waals surface area contributed by atoms with Crippen LogP contribution in [0.5, 0.6) is 0 Å². The highest BCUT2D eigenvalue weighted by Crippen LogP contribution is 2.15. The van der Waals surface area contributed by atoms with E-state index in [4.69, 9.17) is 5.26 Å². The fraction of sp³-hybridized carbons (Fsp3) is 0.533. The Labute approximate surface area is 120 Å². The van der Waals surface area contributed by atoms with Crippen molar-refractivity contribution in [2.45, 2.75) is 27.2 Å². The summed E-state index contributed by atoms with van der Waals surface area (Å²) in [7, 11) is 0. The Morgan fingerprint density at radius 3 is 2.90 bits per heavy atom. The zero-order chi connectivity index (χ0) is 15.0. The molecule has 0 bridgehead atoms. The van der Waals surface area contributed by atoms with Gasteiger partial charge in [0, 0.05) is 25.8 Å². The van der Waals surface area contributed by atoms with Gasteiger partial charge in [-0.15, -0.1) is 0 Å². The van der Waals surface area contributed by atoms with Crippen molar-refractivity contribution >= 4 is 11.7 Å². The number of hydrogen-bond donors (Lipinski definition) is 1. The molecule has 0 radical (unpaired) electrons. The van der Waals surface area contributed by atoms with E-state index in [1.807, 2.05) is 6.92 Å². The molecule has 5 nitrogen and oxygen atoms in total. The van der Waals surface area contributed by atoms with Gasteiger partial charge in [0.25, 0.3) is 5.91 Å². The first-order valence-corrected chi connectivity index (χ1v) is 6.95. The van der Waals surface area contributed by atoms with Crippen molar-refractivity contribution in [2.24, 2.45) is 5.92 Å². The van der Waals surface area contributed by atoms with Gasteiger partial charge in [0.15, 0.2) is 0 Å². The van der Waals surface area contributed by atoms with Crippen LogP contribution >= 0.6 is 0 Å². The van der Waals surface area contributed by atoms with Gasteiger partial charge in [-0.25, -0.2) is 4.98 Å². The molecule has 0 aliphatic rings. The Kier molecular flexibility index (Phi) is 6.51. The van der Waals surface area contributed by atoms with E-state index < -0.39 is 0 Å². The van der Waals surface area contributed by atoms with Gasteiger partial charge in [-0.3, -0.25) is 4.79 Å². The van der Waals surface area contributed by atoms with Gasteiger partial charge < -0.3 is 10.2 Å². The van der Waals surface area contributed by atoms with E-state index in [9.17, 15) is 4.79 Å². The molecule has 0 unspecified atom stereocenters. The van der Waals surface area contributed by atoms with Crippen LogP contribution in [0.15, 0.2) is 18.3 Å². The second-order valence-corrected chi connectivity index (χ2v) is 4.98. The number of nitrogens with one attached hydrogen (secondary N) is 1. The zero-order valence-electron chi connectivity index (χ0n) is 12.4. The summed E-state index contributed by atoms with van der Waals surface area (Å²) in [5.41, 5.74) is 0.563. The summed E-state index contributed by atoms with van der Waals surface area (Å²) >= 11 is 0. The molecule has 1 heterocycles. The van der Waals surface area contributed by atoms with E-state index in [1.165, 1.54) is 0 Å². The molecule has 0 aromatic carbocycles. The number of rotatable bonds is 7. The van der Waals surface area contributed by atoms with Crippen LogP contribution in [0.3, 0.4) is 0 Å². The lowest BCUT2D eigenvalue weighted by molar-refractivity contribution is 0.0740. The normalized spacial score (nSPS) is 10.2. The van der Waals surface area contributed by atoms with Crippen LogP contribution in [0.2, 0.25) is 0 Å². The summed E-state index contributed by atoms with van der Waals surface area (Å²) in [5.74, 6) is 0.889. The molecule has 1 aromatic rings. The van der Waals surface area contributed by atoms with Crippen molar-refractivity contribution in [1.29, 1.82) is 5.26 Å². The van der Waals surface area contributed by atoms with E-state index in [0.717, 1.165) is 0 Å². The Morgan fingerprint density at radius 2 is 2.30 bits per heavy atom. The minimum atomic E-state index is -0.0713. The highest BCUT2D eigenvalue weighted by atomic mass is 16.2. The number of amides is 1. The van der Waals surface area contributed by atoms with Crippen LogP contribution in [0, 0.1) is 17.2 Å². The van der Waals surface area contributed by atoms with Gasteiger partial charge in [-0.2, -0.15) is 5.26 Å². The number of carbonyl (C=O) groups is 1. The molecule has 0 saturated heterocycles. The second-order valence-electron chi connectivity index (χ2n) is 4.98. The molecule has 0 spiro atoms. The van der Waals surface area contributed by atoms with Gasteiger partial charge in [0.2, 0.25) is 0 Å². The van der Waals surface area contributed by atoms with Gasteiger partial charge >= 0.3 is 0 Å². The Morgan fingerprint density at radius 1 is 1.55 bits per heavy atom. The van der Waals surface area contributed by atoms with E-state index in [1.54, 1.807) is 23.2 Å². The molecule has 0 atom stereocenters. The lowest BCUT2D eigenvalue weighted by atomic mass is 10.1. The largest absolute Gasteiger partial charge is 0.370 e. The summed E-state index contributed by atoms with van der Waals surface area (Å²) < 4.78 is 0. The van der Waals surface area contributed by atoms with Crippen LogP contribution in [0.25, 0.3) is 0 Å². The molecule has 20 heavy (non-hydrogen) atoms. The fourth-order valence-corrected chi connectivity index (χ4v) is 1.96. The molecule has 0 fully saturated rings. The molecular weight excluding hydrogens is 252 g/mol. The van der Waals surface area contributed by atoms with Crippen LogP contribution in [-0.4, -0.2) is 35.4 Å². The number of anilines is 1. The highest BCUT2D eigenvalue weighted by molar-refractivity contribution is 5.98. The van der Waals surface area contributed by atoms with Crippen molar-refractivity contribution < 1.29 is 4.79 Å². The molecule has 0 saturated carbocycles. The fourth-order valence-electron chi connectivity index (χ4n) is 1.96. The summed E-state index contributed by atoms with van der Waals surface area (Å²) in [6.07, 6.45) is 2.01. The van der Waals surface area contributed by atoms with Crippen molar-refractivity contribution in [3.63, 3.8) is 0 Å². The predicted molar refractivity (Wildman–Crippen MR) is 79.4 cm³/mol. The Hall–Kier alpha value is -2.09. The van der Waals surface area contributed by atoms with Crippen molar-refractivity contribution in [1.82, 2.24) is 9.88 Å². The van der Waals surface area contributed by atoms with Crippen molar-refractivity contribution in [3.05, 3.63) is 23.9 Å². The van der Waals surface area contributed by atoms with Crippen molar-refractivity contribution in [3.8, 4) is 6.07 Å². The van der Waals surface area contributed by atoms with E-state index in [-0.39, 0.29) is 5.91 Å². The van der Waals surface area contributed by atoms with E-state index in [2.05, 4.69) is 30.2 Å². The maximum atomic E-state index is 12.6. The van der Waals surface area contributed by atoms with Gasteiger partial charge in [-0.1, -0.05) is 13.8 Å². The maximum Gasteiger partial charge on any atom is 0.257 e. The molecule has 1 aromatic heterocycles. The first kappa shape index (κ1) is 16.0. The first-order chi connectivity index (χ1) is 9.60. The SMILES string of the molecule is CCNc1ncccc1C(=O)N(CCC#N)CC(C)C. The summed E-state index contributed by atoms with van der Waals surface area (Å²) in [4.78, 5) is 18.6. The monoisotopic (exact) mass is 274 g/mol. The number of nitriles is 1. The zero-order valence-corrected chi connectivity index (χ0v) is 12.4. The summed E-state index contributed by atoms with van der Waals surface area (Å²) in [5, 5.41) is 11.8. The third kappa shape index (κ3) is 4.54. The van der Waals surface area contributed by atoms with Crippen LogP contribution in [-0.2, 0) is 0 Å². The predicted octanol–water partition coefficient (Wildman–Crippen LogP) is 2.53. The number of hydrogen-bond acceptors (Lipinski definition) is 4. The van der Waals surface area contributed by atoms with Gasteiger partial charge in [0.05, 0.1) is 18.1 Å². The molecule has 0 aliphatic carbocycles. The average Bonchev–Trinajstić information content (AvgIpc) is 2.43. The summed E-state index contributed by atoms with van der Waals surface area (Å²) in [6.45, 7) is 7.88. The Bertz CT molecular complexity index is 479. The van der Waals surface area contributed by atoms with Gasteiger partial charge in [0.1, 0.15) is 5.82 Å². The quantitative estimate of drug-likeness (QED) is 0.829. The minimum Gasteiger partial charge on any atom is -0.370 e. The molecule has 1 rings (SSSR count). The minimum absolute atomic E-state index is 0.0713. The lowest BCUT2D eigenvalue weighted by Crippen LogP contribution is -2.35. The van der Waals surface area contributed by atoms with E-state index in [0.29, 0.717) is 43.4 Å². The molecule has 108 valence electrons. The smallest absolute Gasteiger partial charge is 0.257 e. The second kappa shape index (κ2) is 8.16. The molecule has 5 heteroatoms. The van der Waals surface area contributed by atoms with E-state index >= 15 is 0 Å². The van der Waals surface area contributed by atoms with Crippen LogP contribution in [0.4, 0.5) is 5.82 Å². The number of carbonyl (C=O) groups excluding carboxylic acids is 1. The maximum absolute atomic E-state index is 12.6. The molecule has 1 N–H and O–H groups in total. The topological polar surface area (TPSA) is 69.0 Å². The highest BCUT2D eigenvalue weighted by Gasteiger charge is 2.19. The number of nitrogens with zero attached hydrogens (tertiary/aromatic N) is 3. The van der Waals surface area contributed by atoms with Crippen LogP contribution < -0.4 is 5.32 Å². The number of aromatic nitrogens is 1. The standard InChI is InChI=1S/C15H22N4O/c1-4-17-14-13(7-5-9-18-14)15(20)19(10-6-8-16)11-12(2)3/h5,7,9,12H,4,6,10-11H2,1-3H3,(H,17,18). The molecule has 1 amide bonds. The third-order valence-corrected chi connectivity index (χ3v) is 2.75. The average molecular weight is 274 g/mol. The summed E-state index contributed by atoms with van der Waals surface area (Å²) in [6, 6.07) is 5.62. The molecular formula is C15H22N4O. The lowest BCUT2D eigenvalue weighted by Gasteiger charge is -2.24. The van der Waals surface area contributed by atoms with Gasteiger partial charge in [-0.05, 0) is 25.0 Å². The first-order valence-electron chi connectivity index (χ1n) is 6.95. The molecule has 0 aliphatic heterocycles. The van der Waals surface area contributed by atoms with Crippen LogP contribution in [0.1, 0.15) is 37.6 Å². The van der Waals surface area contributed by atoms with Crippen molar-refractivity contribution in [2.75, 3.05) is 25.0 Å². The third-order valence-electron chi connectivity index (χ3n) is 2.75. The Balaban J connectivity index is 2.96. The number of pyridine rings is 1.